The number of piperidine rings is 1. The molecule has 3 N–H and O–H groups in total. The van der Waals surface area contributed by atoms with Crippen LogP contribution in [0.1, 0.15) is 51.1 Å². The lowest BCUT2D eigenvalue weighted by atomic mass is 9.96. The minimum Gasteiger partial charge on any atom is -0.508 e. The van der Waals surface area contributed by atoms with Gasteiger partial charge in [0.2, 0.25) is 5.91 Å². The average molecular weight is 438 g/mol. The summed E-state index contributed by atoms with van der Waals surface area (Å²) >= 11 is 0. The number of carbonyl (C=O) groups excluding carboxylic acids is 3. The van der Waals surface area contributed by atoms with Crippen molar-refractivity contribution in [3.63, 3.8) is 0 Å². The van der Waals surface area contributed by atoms with Crippen molar-refractivity contribution in [3.8, 4) is 5.75 Å². The van der Waals surface area contributed by atoms with Gasteiger partial charge in [0.25, 0.3) is 11.8 Å². The first-order valence-corrected chi connectivity index (χ1v) is 11.1. The van der Waals surface area contributed by atoms with Gasteiger partial charge in [0, 0.05) is 37.3 Å². The van der Waals surface area contributed by atoms with Crippen LogP contribution in [-0.2, 0) is 4.79 Å². The molecule has 2 aromatic rings. The van der Waals surface area contributed by atoms with Gasteiger partial charge in [0.1, 0.15) is 5.75 Å². The third-order valence-corrected chi connectivity index (χ3v) is 5.59. The fraction of sp³-hybridized carbons (Fsp3) is 0.400. The molecule has 0 spiro atoms. The largest absolute Gasteiger partial charge is 0.508 e. The fourth-order valence-corrected chi connectivity index (χ4v) is 4.05. The molecule has 32 heavy (non-hydrogen) atoms. The molecule has 3 amide bonds. The first kappa shape index (κ1) is 23.3. The van der Waals surface area contributed by atoms with Crippen molar-refractivity contribution < 1.29 is 19.5 Å². The van der Waals surface area contributed by atoms with Gasteiger partial charge in [-0.05, 0) is 63.4 Å². The average Bonchev–Trinajstić information content (AvgIpc) is 2.77. The lowest BCUT2D eigenvalue weighted by Gasteiger charge is -2.32. The number of phenolic OH excluding ortho intramolecular Hbond substituents is 1. The SMILES string of the molecule is Cc1cc(C)cc(C(=O)N2CCCC(C(=O)NCCCNC(=O)c3cccc(O)c3)C2)c1. The topological polar surface area (TPSA) is 98.7 Å². The van der Waals surface area contributed by atoms with Gasteiger partial charge < -0.3 is 20.6 Å². The van der Waals surface area contributed by atoms with Gasteiger partial charge in [-0.1, -0.05) is 23.3 Å². The molecule has 1 saturated heterocycles. The van der Waals surface area contributed by atoms with Crippen LogP contribution in [-0.4, -0.2) is 53.9 Å². The van der Waals surface area contributed by atoms with Crippen molar-refractivity contribution in [2.75, 3.05) is 26.2 Å². The first-order chi connectivity index (χ1) is 15.3. The van der Waals surface area contributed by atoms with Gasteiger partial charge in [-0.15, -0.1) is 0 Å². The van der Waals surface area contributed by atoms with Crippen molar-refractivity contribution in [1.29, 1.82) is 0 Å². The highest BCUT2D eigenvalue weighted by Gasteiger charge is 2.28. The number of phenols is 1. The molecule has 1 fully saturated rings. The second-order valence-electron chi connectivity index (χ2n) is 8.42. The summed E-state index contributed by atoms with van der Waals surface area (Å²) in [4.78, 5) is 39.3. The number of benzene rings is 2. The minimum absolute atomic E-state index is 0.0241. The predicted octanol–water partition coefficient (Wildman–Crippen LogP) is 2.80. The van der Waals surface area contributed by atoms with E-state index in [1.807, 2.05) is 32.0 Å². The van der Waals surface area contributed by atoms with E-state index in [2.05, 4.69) is 10.6 Å². The van der Waals surface area contributed by atoms with E-state index in [0.29, 0.717) is 43.7 Å². The smallest absolute Gasteiger partial charge is 0.253 e. The standard InChI is InChI=1S/C25H31N3O4/c1-17-12-18(2)14-21(13-17)25(32)28-11-4-7-20(16-28)24(31)27-10-5-9-26-23(30)19-6-3-8-22(29)15-19/h3,6,8,12-15,20,29H,4-5,7,9-11,16H2,1-2H3,(H,26,30)(H,27,31). The first-order valence-electron chi connectivity index (χ1n) is 11.1. The molecule has 0 saturated carbocycles. The van der Waals surface area contributed by atoms with E-state index >= 15 is 0 Å². The Bertz CT molecular complexity index is 969. The Balaban J connectivity index is 1.42. The molecule has 7 heteroatoms. The summed E-state index contributed by atoms with van der Waals surface area (Å²) in [5, 5.41) is 15.1. The molecule has 7 nitrogen and oxygen atoms in total. The van der Waals surface area contributed by atoms with Crippen molar-refractivity contribution in [1.82, 2.24) is 15.5 Å². The maximum absolute atomic E-state index is 12.9. The third kappa shape index (κ3) is 6.33. The molecular formula is C25H31N3O4. The second-order valence-corrected chi connectivity index (χ2v) is 8.42. The van der Waals surface area contributed by atoms with Gasteiger partial charge in [0.15, 0.2) is 0 Å². The van der Waals surface area contributed by atoms with E-state index in [9.17, 15) is 19.5 Å². The molecule has 0 aliphatic carbocycles. The molecule has 1 aliphatic rings. The van der Waals surface area contributed by atoms with Gasteiger partial charge in [0.05, 0.1) is 5.92 Å². The fourth-order valence-electron chi connectivity index (χ4n) is 4.05. The molecule has 0 aromatic heterocycles. The number of nitrogens with one attached hydrogen (secondary N) is 2. The summed E-state index contributed by atoms with van der Waals surface area (Å²) in [7, 11) is 0. The Morgan fingerprint density at radius 3 is 2.44 bits per heavy atom. The van der Waals surface area contributed by atoms with Crippen LogP contribution in [0.5, 0.6) is 5.75 Å². The Morgan fingerprint density at radius 2 is 1.72 bits per heavy atom. The quantitative estimate of drug-likeness (QED) is 0.580. The number of nitrogens with zero attached hydrogens (tertiary/aromatic N) is 1. The summed E-state index contributed by atoms with van der Waals surface area (Å²) in [6.07, 6.45) is 2.15. The number of hydrogen-bond donors (Lipinski definition) is 3. The maximum atomic E-state index is 12.9. The van der Waals surface area contributed by atoms with Gasteiger partial charge in [-0.3, -0.25) is 14.4 Å². The number of likely N-dealkylation sites (tertiary alicyclic amines) is 1. The number of aryl methyl sites for hydroxylation is 2. The lowest BCUT2D eigenvalue weighted by molar-refractivity contribution is -0.126. The lowest BCUT2D eigenvalue weighted by Crippen LogP contribution is -2.45. The van der Waals surface area contributed by atoms with E-state index in [0.717, 1.165) is 24.0 Å². The number of rotatable bonds is 7. The second kappa shape index (κ2) is 10.8. The van der Waals surface area contributed by atoms with Crippen LogP contribution in [0.3, 0.4) is 0 Å². The summed E-state index contributed by atoms with van der Waals surface area (Å²) < 4.78 is 0. The summed E-state index contributed by atoms with van der Waals surface area (Å²) in [6, 6.07) is 12.0. The molecule has 0 bridgehead atoms. The molecule has 170 valence electrons. The zero-order valence-electron chi connectivity index (χ0n) is 18.7. The van der Waals surface area contributed by atoms with Crippen LogP contribution in [0.4, 0.5) is 0 Å². The van der Waals surface area contributed by atoms with Crippen molar-refractivity contribution in [2.24, 2.45) is 5.92 Å². The van der Waals surface area contributed by atoms with Gasteiger partial charge in [-0.25, -0.2) is 0 Å². The summed E-state index contributed by atoms with van der Waals surface area (Å²) in [5.74, 6) is -0.519. The maximum Gasteiger partial charge on any atom is 0.253 e. The van der Waals surface area contributed by atoms with Crippen LogP contribution in [0.2, 0.25) is 0 Å². The zero-order valence-corrected chi connectivity index (χ0v) is 18.7. The monoisotopic (exact) mass is 437 g/mol. The number of amides is 3. The van der Waals surface area contributed by atoms with Crippen molar-refractivity contribution in [3.05, 3.63) is 64.7 Å². The highest BCUT2D eigenvalue weighted by atomic mass is 16.3. The zero-order chi connectivity index (χ0) is 23.1. The Labute approximate surface area is 188 Å². The van der Waals surface area contributed by atoms with E-state index in [-0.39, 0.29) is 29.4 Å². The summed E-state index contributed by atoms with van der Waals surface area (Å²) in [6.45, 7) is 5.89. The van der Waals surface area contributed by atoms with Crippen LogP contribution in [0.15, 0.2) is 42.5 Å². The molecule has 1 heterocycles. The van der Waals surface area contributed by atoms with E-state index < -0.39 is 0 Å². The molecule has 2 aromatic carbocycles. The van der Waals surface area contributed by atoms with Crippen LogP contribution < -0.4 is 10.6 Å². The van der Waals surface area contributed by atoms with Crippen LogP contribution in [0.25, 0.3) is 0 Å². The van der Waals surface area contributed by atoms with E-state index in [4.69, 9.17) is 0 Å². The normalized spacial score (nSPS) is 15.8. The summed E-state index contributed by atoms with van der Waals surface area (Å²) in [5.41, 5.74) is 3.17. The number of aromatic hydroxyl groups is 1. The van der Waals surface area contributed by atoms with E-state index in [1.165, 1.54) is 12.1 Å². The van der Waals surface area contributed by atoms with Crippen LogP contribution >= 0.6 is 0 Å². The highest BCUT2D eigenvalue weighted by molar-refractivity contribution is 5.95. The molecule has 1 atom stereocenters. The Kier molecular flexibility index (Phi) is 7.87. The highest BCUT2D eigenvalue weighted by Crippen LogP contribution is 2.20. The molecular weight excluding hydrogens is 406 g/mol. The molecule has 3 rings (SSSR count). The molecule has 1 unspecified atom stereocenters. The third-order valence-electron chi connectivity index (χ3n) is 5.59. The predicted molar refractivity (Wildman–Crippen MR) is 123 cm³/mol. The van der Waals surface area contributed by atoms with Gasteiger partial charge >= 0.3 is 0 Å². The Morgan fingerprint density at radius 1 is 1.00 bits per heavy atom. The number of carbonyl (C=O) groups is 3. The van der Waals surface area contributed by atoms with E-state index in [1.54, 1.807) is 17.0 Å². The van der Waals surface area contributed by atoms with Crippen molar-refractivity contribution >= 4 is 17.7 Å². The molecule has 1 aliphatic heterocycles. The number of hydrogen-bond acceptors (Lipinski definition) is 4. The molecule has 0 radical (unpaired) electrons. The van der Waals surface area contributed by atoms with Gasteiger partial charge in [-0.2, -0.15) is 0 Å². The minimum atomic E-state index is -0.264. The van der Waals surface area contributed by atoms with Crippen LogP contribution in [0, 0.1) is 19.8 Å². The Hall–Kier alpha value is -3.35. The van der Waals surface area contributed by atoms with Crippen molar-refractivity contribution in [2.45, 2.75) is 33.1 Å².